The van der Waals surface area contributed by atoms with Gasteiger partial charge in [-0.25, -0.2) is 4.39 Å². The maximum atomic E-state index is 13.5. The molecule has 18 heavy (non-hydrogen) atoms. The normalized spacial score (nSPS) is 19.2. The molecule has 2 rings (SSSR count). The van der Waals surface area contributed by atoms with Crippen molar-refractivity contribution in [1.82, 2.24) is 10.6 Å². The van der Waals surface area contributed by atoms with Crippen LogP contribution in [0, 0.1) is 12.7 Å². The first kappa shape index (κ1) is 12.5. The molecule has 0 saturated carbocycles. The number of nitrogens with one attached hydrogen (secondary N) is 3. The zero-order valence-electron chi connectivity index (χ0n) is 9.92. The lowest BCUT2D eigenvalue weighted by molar-refractivity contribution is -0.124. The fraction of sp³-hybridized carbons (Fsp3) is 0.333. The van der Waals surface area contributed by atoms with Crippen molar-refractivity contribution >= 4 is 17.5 Å². The maximum absolute atomic E-state index is 13.5. The number of hydrogen-bond acceptors (Lipinski definition) is 3. The van der Waals surface area contributed by atoms with Gasteiger partial charge in [-0.15, -0.1) is 0 Å². The van der Waals surface area contributed by atoms with Crippen LogP contribution in [0.25, 0.3) is 0 Å². The van der Waals surface area contributed by atoms with Crippen molar-refractivity contribution in [2.75, 3.05) is 18.4 Å². The van der Waals surface area contributed by atoms with Crippen LogP contribution in [0.1, 0.15) is 5.56 Å². The van der Waals surface area contributed by atoms with Crippen LogP contribution in [0.5, 0.6) is 0 Å². The van der Waals surface area contributed by atoms with Crippen molar-refractivity contribution in [1.29, 1.82) is 0 Å². The summed E-state index contributed by atoms with van der Waals surface area (Å²) in [4.78, 5) is 22.7. The van der Waals surface area contributed by atoms with E-state index in [2.05, 4.69) is 16.0 Å². The summed E-state index contributed by atoms with van der Waals surface area (Å²) in [6, 6.07) is 4.05. The Hall–Kier alpha value is -1.95. The van der Waals surface area contributed by atoms with E-state index in [1.165, 1.54) is 12.1 Å². The Kier molecular flexibility index (Phi) is 3.57. The van der Waals surface area contributed by atoms with Crippen molar-refractivity contribution in [3.8, 4) is 0 Å². The minimum Gasteiger partial charge on any atom is -0.353 e. The average Bonchev–Trinajstić information content (AvgIpc) is 2.33. The number of piperazine rings is 1. The molecule has 0 spiro atoms. The van der Waals surface area contributed by atoms with E-state index in [4.69, 9.17) is 0 Å². The molecule has 1 aliphatic heterocycles. The lowest BCUT2D eigenvalue weighted by atomic mass is 10.2. The zero-order chi connectivity index (χ0) is 13.1. The predicted octanol–water partition coefficient (Wildman–Crippen LogP) is 0.161. The van der Waals surface area contributed by atoms with E-state index in [-0.39, 0.29) is 30.6 Å². The van der Waals surface area contributed by atoms with Crippen molar-refractivity contribution in [3.05, 3.63) is 29.6 Å². The van der Waals surface area contributed by atoms with Gasteiger partial charge in [0.25, 0.3) is 0 Å². The van der Waals surface area contributed by atoms with Crippen LogP contribution in [0.2, 0.25) is 0 Å². The molecular formula is C12H14FN3O2. The summed E-state index contributed by atoms with van der Waals surface area (Å²) in [6.07, 6.45) is 0. The topological polar surface area (TPSA) is 70.2 Å². The van der Waals surface area contributed by atoms with Crippen LogP contribution in [-0.2, 0) is 9.59 Å². The molecule has 1 atom stereocenters. The van der Waals surface area contributed by atoms with Gasteiger partial charge in [-0.05, 0) is 24.6 Å². The average molecular weight is 251 g/mol. The Morgan fingerprint density at radius 3 is 2.89 bits per heavy atom. The highest BCUT2D eigenvalue weighted by atomic mass is 19.1. The smallest absolute Gasteiger partial charge is 0.243 e. The van der Waals surface area contributed by atoms with Crippen LogP contribution in [0.15, 0.2) is 18.2 Å². The Labute approximate surface area is 104 Å². The molecule has 6 heteroatoms. The second-order valence-electron chi connectivity index (χ2n) is 4.21. The highest BCUT2D eigenvalue weighted by molar-refractivity contribution is 5.96. The van der Waals surface area contributed by atoms with E-state index in [0.717, 1.165) is 5.56 Å². The number of rotatable bonds is 2. The van der Waals surface area contributed by atoms with E-state index in [1.807, 2.05) is 0 Å². The molecule has 0 radical (unpaired) electrons. The molecule has 1 saturated heterocycles. The van der Waals surface area contributed by atoms with Crippen LogP contribution in [-0.4, -0.2) is 30.9 Å². The summed E-state index contributed by atoms with van der Waals surface area (Å²) < 4.78 is 13.5. The number of anilines is 1. The quantitative estimate of drug-likeness (QED) is 0.701. The summed E-state index contributed by atoms with van der Waals surface area (Å²) >= 11 is 0. The van der Waals surface area contributed by atoms with E-state index in [9.17, 15) is 14.0 Å². The van der Waals surface area contributed by atoms with Crippen molar-refractivity contribution in [2.45, 2.75) is 13.0 Å². The van der Waals surface area contributed by atoms with Gasteiger partial charge in [0.05, 0.1) is 12.2 Å². The summed E-state index contributed by atoms with van der Waals surface area (Å²) in [5.41, 5.74) is 0.929. The Balaban J connectivity index is 2.00. The molecule has 1 aromatic rings. The third-order valence-corrected chi connectivity index (χ3v) is 2.71. The van der Waals surface area contributed by atoms with Gasteiger partial charge in [-0.1, -0.05) is 6.07 Å². The fourth-order valence-corrected chi connectivity index (χ4v) is 1.69. The zero-order valence-corrected chi connectivity index (χ0v) is 9.92. The number of amides is 2. The molecule has 2 amide bonds. The van der Waals surface area contributed by atoms with Gasteiger partial charge in [-0.3, -0.25) is 14.9 Å². The van der Waals surface area contributed by atoms with Gasteiger partial charge < -0.3 is 10.6 Å². The lowest BCUT2D eigenvalue weighted by Crippen LogP contribution is -2.56. The molecule has 0 bridgehead atoms. The first-order valence-corrected chi connectivity index (χ1v) is 5.63. The highest BCUT2D eigenvalue weighted by Crippen LogP contribution is 2.15. The minimum absolute atomic E-state index is 0.0917. The van der Waals surface area contributed by atoms with Crippen LogP contribution in [0.3, 0.4) is 0 Å². The largest absolute Gasteiger partial charge is 0.353 e. The Morgan fingerprint density at radius 1 is 1.50 bits per heavy atom. The number of carbonyl (C=O) groups excluding carboxylic acids is 2. The van der Waals surface area contributed by atoms with Crippen molar-refractivity contribution in [2.24, 2.45) is 0 Å². The first-order valence-electron chi connectivity index (χ1n) is 5.63. The molecule has 0 aromatic heterocycles. The van der Waals surface area contributed by atoms with Gasteiger partial charge in [0.15, 0.2) is 0 Å². The van der Waals surface area contributed by atoms with E-state index < -0.39 is 11.9 Å². The Morgan fingerprint density at radius 2 is 2.28 bits per heavy atom. The molecule has 0 aliphatic carbocycles. The lowest BCUT2D eigenvalue weighted by Gasteiger charge is -2.23. The second kappa shape index (κ2) is 5.14. The fourth-order valence-electron chi connectivity index (χ4n) is 1.69. The van der Waals surface area contributed by atoms with E-state index in [1.54, 1.807) is 13.0 Å². The molecule has 3 N–H and O–H groups in total. The summed E-state index contributed by atoms with van der Waals surface area (Å²) in [5, 5.41) is 7.83. The van der Waals surface area contributed by atoms with Crippen molar-refractivity contribution < 1.29 is 14.0 Å². The summed E-state index contributed by atoms with van der Waals surface area (Å²) in [6.45, 7) is 2.07. The minimum atomic E-state index is -0.539. The molecule has 1 heterocycles. The molecule has 1 aliphatic rings. The molecular weight excluding hydrogens is 237 g/mol. The molecule has 1 fully saturated rings. The van der Waals surface area contributed by atoms with Gasteiger partial charge in [0.1, 0.15) is 11.9 Å². The van der Waals surface area contributed by atoms with E-state index >= 15 is 0 Å². The number of hydrogen-bond donors (Lipinski definition) is 3. The maximum Gasteiger partial charge on any atom is 0.243 e. The standard InChI is InChI=1S/C12H14FN3O2/c1-7-2-3-9(8(13)4-7)16-12(18)10-5-15-11(17)6-14-10/h2-4,10,14H,5-6H2,1H3,(H,15,17)(H,16,18). The van der Waals surface area contributed by atoms with Crippen LogP contribution in [0.4, 0.5) is 10.1 Å². The molecule has 1 aromatic carbocycles. The number of halogens is 1. The molecule has 5 nitrogen and oxygen atoms in total. The first-order chi connectivity index (χ1) is 8.56. The van der Waals surface area contributed by atoms with E-state index in [0.29, 0.717) is 0 Å². The second-order valence-corrected chi connectivity index (χ2v) is 4.21. The Bertz CT molecular complexity index is 480. The van der Waals surface area contributed by atoms with Gasteiger partial charge in [-0.2, -0.15) is 0 Å². The number of aryl methyl sites for hydroxylation is 1. The SMILES string of the molecule is Cc1ccc(NC(=O)C2CNC(=O)CN2)c(F)c1. The van der Waals surface area contributed by atoms with Gasteiger partial charge in [0, 0.05) is 6.54 Å². The van der Waals surface area contributed by atoms with Crippen LogP contribution < -0.4 is 16.0 Å². The van der Waals surface area contributed by atoms with Gasteiger partial charge in [0.2, 0.25) is 11.8 Å². The number of benzene rings is 1. The third-order valence-electron chi connectivity index (χ3n) is 2.71. The summed E-state index contributed by atoms with van der Waals surface area (Å²) in [5.74, 6) is -0.985. The molecule has 1 unspecified atom stereocenters. The van der Waals surface area contributed by atoms with Crippen molar-refractivity contribution in [3.63, 3.8) is 0 Å². The predicted molar refractivity (Wildman–Crippen MR) is 64.6 cm³/mol. The highest BCUT2D eigenvalue weighted by Gasteiger charge is 2.24. The third kappa shape index (κ3) is 2.84. The monoisotopic (exact) mass is 251 g/mol. The van der Waals surface area contributed by atoms with Crippen LogP contribution >= 0.6 is 0 Å². The number of carbonyl (C=O) groups is 2. The molecule has 96 valence electrons. The van der Waals surface area contributed by atoms with Gasteiger partial charge >= 0.3 is 0 Å². The summed E-state index contributed by atoms with van der Waals surface area (Å²) in [7, 11) is 0.